The first-order valence-electron chi connectivity index (χ1n) is 6.59. The molecule has 4 nitrogen and oxygen atoms in total. The van der Waals surface area contributed by atoms with Gasteiger partial charge >= 0.3 is 6.09 Å². The fourth-order valence-electron chi connectivity index (χ4n) is 2.24. The first-order chi connectivity index (χ1) is 9.22. The zero-order valence-corrected chi connectivity index (χ0v) is 14.0. The van der Waals surface area contributed by atoms with Crippen LogP contribution in [0.2, 0.25) is 0 Å². The molecule has 0 aromatic heterocycles. The Morgan fingerprint density at radius 1 is 1.45 bits per heavy atom. The summed E-state index contributed by atoms with van der Waals surface area (Å²) in [7, 11) is 0. The molecule has 0 aliphatic carbocycles. The van der Waals surface area contributed by atoms with Gasteiger partial charge < -0.3 is 15.2 Å². The van der Waals surface area contributed by atoms with Gasteiger partial charge in [0.05, 0.1) is 0 Å². The molecule has 0 spiro atoms. The van der Waals surface area contributed by atoms with Gasteiger partial charge in [0.1, 0.15) is 18.0 Å². The Kier molecular flexibility index (Phi) is 5.87. The lowest BCUT2D eigenvalue weighted by molar-refractivity contribution is -0.0187. The number of hydrogen-bond donors (Lipinski definition) is 1. The molecule has 1 amide bonds. The highest BCUT2D eigenvalue weighted by Gasteiger charge is 2.30. The van der Waals surface area contributed by atoms with Crippen molar-refractivity contribution in [1.82, 2.24) is 0 Å². The molecule has 0 heterocycles. The highest BCUT2D eigenvalue weighted by molar-refractivity contribution is 9.10. The van der Waals surface area contributed by atoms with Crippen LogP contribution in [0.25, 0.3) is 0 Å². The highest BCUT2D eigenvalue weighted by atomic mass is 79.9. The fourth-order valence-corrected chi connectivity index (χ4v) is 2.72. The number of nitrogens with two attached hydrogens (primary N) is 1. The van der Waals surface area contributed by atoms with E-state index >= 15 is 0 Å². The number of benzene rings is 1. The van der Waals surface area contributed by atoms with Gasteiger partial charge in [-0.2, -0.15) is 0 Å². The predicted octanol–water partition coefficient (Wildman–Crippen LogP) is 4.04. The molecule has 0 saturated carbocycles. The molecule has 0 aliphatic rings. The minimum absolute atomic E-state index is 0.274. The number of primary amides is 1. The van der Waals surface area contributed by atoms with E-state index in [9.17, 15) is 4.79 Å². The monoisotopic (exact) mass is 343 g/mol. The average Bonchev–Trinajstić information content (AvgIpc) is 2.25. The summed E-state index contributed by atoms with van der Waals surface area (Å²) < 4.78 is 12.0. The molecule has 0 unspecified atom stereocenters. The van der Waals surface area contributed by atoms with Gasteiger partial charge in [0.15, 0.2) is 0 Å². The van der Waals surface area contributed by atoms with E-state index in [-0.39, 0.29) is 6.61 Å². The molecule has 0 aliphatic heterocycles. The van der Waals surface area contributed by atoms with Crippen molar-refractivity contribution in [2.75, 3.05) is 6.61 Å². The van der Waals surface area contributed by atoms with Crippen molar-refractivity contribution in [3.63, 3.8) is 0 Å². The number of amides is 1. The Morgan fingerprint density at radius 2 is 2.10 bits per heavy atom. The zero-order chi connectivity index (χ0) is 15.3. The van der Waals surface area contributed by atoms with Gasteiger partial charge in [-0.15, -0.1) is 0 Å². The number of ether oxygens (including phenoxy) is 2. The van der Waals surface area contributed by atoms with Gasteiger partial charge in [0, 0.05) is 4.47 Å². The molecule has 112 valence electrons. The molecule has 5 heteroatoms. The number of carbonyl (C=O) groups is 1. The third-order valence-corrected chi connectivity index (χ3v) is 3.35. The fraction of sp³-hybridized carbons (Fsp3) is 0.533. The summed E-state index contributed by atoms with van der Waals surface area (Å²) in [5.41, 5.74) is 5.45. The molecule has 0 saturated heterocycles. The van der Waals surface area contributed by atoms with Crippen molar-refractivity contribution >= 4 is 22.0 Å². The lowest BCUT2D eigenvalue weighted by Gasteiger charge is -2.30. The summed E-state index contributed by atoms with van der Waals surface area (Å²) in [6.07, 6.45) is -0.0878. The van der Waals surface area contributed by atoms with Gasteiger partial charge in [0.25, 0.3) is 0 Å². The molecule has 0 bridgehead atoms. The van der Waals surface area contributed by atoms with Gasteiger partial charge in [-0.25, -0.2) is 4.79 Å². The second-order valence-corrected chi connectivity index (χ2v) is 6.58. The van der Waals surface area contributed by atoms with Gasteiger partial charge in [0.2, 0.25) is 0 Å². The summed E-state index contributed by atoms with van der Waals surface area (Å²) >= 11 is 3.41. The SMILES string of the molecule is Cc1cc(Br)ccc1OC[C@](C)(CC(C)C)OC(N)=O. The molecule has 1 aromatic rings. The Morgan fingerprint density at radius 3 is 2.60 bits per heavy atom. The largest absolute Gasteiger partial charge is 0.489 e. The van der Waals surface area contributed by atoms with E-state index in [4.69, 9.17) is 15.2 Å². The molecule has 0 radical (unpaired) electrons. The van der Waals surface area contributed by atoms with Crippen LogP contribution in [-0.4, -0.2) is 18.3 Å². The van der Waals surface area contributed by atoms with Crippen molar-refractivity contribution in [1.29, 1.82) is 0 Å². The molecular weight excluding hydrogens is 322 g/mol. The van der Waals surface area contributed by atoms with Crippen LogP contribution < -0.4 is 10.5 Å². The van der Waals surface area contributed by atoms with E-state index in [1.54, 1.807) is 0 Å². The van der Waals surface area contributed by atoms with Crippen molar-refractivity contribution in [3.8, 4) is 5.75 Å². The lowest BCUT2D eigenvalue weighted by atomic mass is 9.95. The van der Waals surface area contributed by atoms with E-state index in [1.165, 1.54) is 0 Å². The average molecular weight is 344 g/mol. The lowest BCUT2D eigenvalue weighted by Crippen LogP contribution is -2.41. The quantitative estimate of drug-likeness (QED) is 0.847. The smallest absolute Gasteiger partial charge is 0.405 e. The summed E-state index contributed by atoms with van der Waals surface area (Å²) in [5.74, 6) is 1.14. The molecule has 1 atom stereocenters. The highest BCUT2D eigenvalue weighted by Crippen LogP contribution is 2.26. The maximum absolute atomic E-state index is 11.1. The van der Waals surface area contributed by atoms with Gasteiger partial charge in [-0.05, 0) is 49.9 Å². The van der Waals surface area contributed by atoms with Crippen LogP contribution in [0.4, 0.5) is 4.79 Å². The minimum atomic E-state index is -0.774. The maximum Gasteiger partial charge on any atom is 0.405 e. The first-order valence-corrected chi connectivity index (χ1v) is 7.38. The predicted molar refractivity (Wildman–Crippen MR) is 82.9 cm³/mol. The zero-order valence-electron chi connectivity index (χ0n) is 12.4. The van der Waals surface area contributed by atoms with Crippen LogP contribution in [-0.2, 0) is 4.74 Å². The molecule has 1 rings (SSSR count). The summed E-state index contributed by atoms with van der Waals surface area (Å²) in [4.78, 5) is 11.1. The number of halogens is 1. The molecular formula is C15H22BrNO3. The van der Waals surface area contributed by atoms with Crippen LogP contribution in [0.1, 0.15) is 32.8 Å². The minimum Gasteiger partial charge on any atom is -0.489 e. The second-order valence-electron chi connectivity index (χ2n) is 5.67. The van der Waals surface area contributed by atoms with E-state index in [0.717, 1.165) is 15.8 Å². The number of rotatable bonds is 6. The summed E-state index contributed by atoms with van der Waals surface area (Å²) in [6, 6.07) is 5.78. The van der Waals surface area contributed by atoms with Crippen LogP contribution in [0.15, 0.2) is 22.7 Å². The maximum atomic E-state index is 11.1. The van der Waals surface area contributed by atoms with Crippen molar-refractivity contribution in [2.45, 2.75) is 39.7 Å². The second kappa shape index (κ2) is 6.97. The van der Waals surface area contributed by atoms with Gasteiger partial charge in [-0.1, -0.05) is 29.8 Å². The van der Waals surface area contributed by atoms with Crippen LogP contribution in [0, 0.1) is 12.8 Å². The number of carbonyl (C=O) groups excluding carboxylic acids is 1. The van der Waals surface area contributed by atoms with E-state index < -0.39 is 11.7 Å². The Bertz CT molecular complexity index is 476. The van der Waals surface area contributed by atoms with E-state index in [1.807, 2.05) is 32.0 Å². The molecule has 1 aromatic carbocycles. The van der Waals surface area contributed by atoms with Crippen molar-refractivity contribution in [3.05, 3.63) is 28.2 Å². The normalized spacial score (nSPS) is 13.9. The van der Waals surface area contributed by atoms with E-state index in [2.05, 4.69) is 29.8 Å². The topological polar surface area (TPSA) is 61.6 Å². The van der Waals surface area contributed by atoms with Crippen molar-refractivity contribution < 1.29 is 14.3 Å². The van der Waals surface area contributed by atoms with E-state index in [0.29, 0.717) is 12.3 Å². The third kappa shape index (κ3) is 5.41. The first kappa shape index (κ1) is 16.8. The molecule has 0 fully saturated rings. The number of hydrogen-bond acceptors (Lipinski definition) is 3. The van der Waals surface area contributed by atoms with Gasteiger partial charge in [-0.3, -0.25) is 0 Å². The molecule has 20 heavy (non-hydrogen) atoms. The summed E-state index contributed by atoms with van der Waals surface area (Å²) in [6.45, 7) is 8.21. The number of aryl methyl sites for hydroxylation is 1. The Balaban J connectivity index is 2.77. The van der Waals surface area contributed by atoms with Crippen LogP contribution in [0.5, 0.6) is 5.75 Å². The van der Waals surface area contributed by atoms with Crippen LogP contribution >= 0.6 is 15.9 Å². The Labute approximate surface area is 128 Å². The standard InChI is InChI=1S/C15H22BrNO3/c1-10(2)8-15(4,20-14(17)18)9-19-13-6-5-12(16)7-11(13)3/h5-7,10H,8-9H2,1-4H3,(H2,17,18)/t15-/m0/s1. The third-order valence-electron chi connectivity index (χ3n) is 2.86. The Hall–Kier alpha value is -1.23. The molecule has 2 N–H and O–H groups in total. The van der Waals surface area contributed by atoms with Crippen LogP contribution in [0.3, 0.4) is 0 Å². The summed E-state index contributed by atoms with van der Waals surface area (Å²) in [5, 5.41) is 0. The van der Waals surface area contributed by atoms with Crippen molar-refractivity contribution in [2.24, 2.45) is 11.7 Å².